The van der Waals surface area contributed by atoms with Crippen LogP contribution in [-0.2, 0) is 5.41 Å². The summed E-state index contributed by atoms with van der Waals surface area (Å²) in [5, 5.41) is 0. The van der Waals surface area contributed by atoms with Crippen molar-refractivity contribution < 1.29 is 0 Å². The highest BCUT2D eigenvalue weighted by Gasteiger charge is 2.39. The molecule has 0 nitrogen and oxygen atoms in total. The standard InChI is InChI=1S/C16H18/c1-11-7-6-9-13-12-8-4-5-10-14(12)16(2,3)15(11)13/h4-6,8-11H,7H2,1-3H3. The topological polar surface area (TPSA) is 0 Å². The van der Waals surface area contributed by atoms with E-state index >= 15 is 0 Å². The van der Waals surface area contributed by atoms with Gasteiger partial charge in [0.2, 0.25) is 0 Å². The van der Waals surface area contributed by atoms with Crippen molar-refractivity contribution in [3.05, 3.63) is 53.1 Å². The second-order valence-corrected chi connectivity index (χ2v) is 5.54. The molecule has 0 saturated heterocycles. The molecule has 0 heteroatoms. The van der Waals surface area contributed by atoms with Gasteiger partial charge in [0, 0.05) is 5.41 Å². The Balaban J connectivity index is 2.30. The molecule has 0 spiro atoms. The Bertz CT molecular complexity index is 501. The molecule has 0 fully saturated rings. The number of allylic oxidation sites excluding steroid dienone is 4. The van der Waals surface area contributed by atoms with Gasteiger partial charge in [-0.1, -0.05) is 57.2 Å². The molecule has 0 amide bonds. The third kappa shape index (κ3) is 1.10. The monoisotopic (exact) mass is 210 g/mol. The Morgan fingerprint density at radius 3 is 2.75 bits per heavy atom. The van der Waals surface area contributed by atoms with Gasteiger partial charge in [-0.15, -0.1) is 0 Å². The SMILES string of the molecule is CC1CC=CC2=C1C(C)(C)c1ccccc12. The summed E-state index contributed by atoms with van der Waals surface area (Å²) < 4.78 is 0. The van der Waals surface area contributed by atoms with Gasteiger partial charge in [-0.05, 0) is 34.6 Å². The molecule has 2 aliphatic rings. The van der Waals surface area contributed by atoms with Gasteiger partial charge in [0.05, 0.1) is 0 Å². The molecule has 16 heavy (non-hydrogen) atoms. The van der Waals surface area contributed by atoms with Crippen LogP contribution >= 0.6 is 0 Å². The first kappa shape index (κ1) is 9.89. The van der Waals surface area contributed by atoms with Gasteiger partial charge in [0.15, 0.2) is 0 Å². The van der Waals surface area contributed by atoms with Crippen LogP contribution in [-0.4, -0.2) is 0 Å². The third-order valence-electron chi connectivity index (χ3n) is 4.12. The number of benzene rings is 1. The minimum atomic E-state index is 0.218. The first-order valence-electron chi connectivity index (χ1n) is 6.13. The molecule has 82 valence electrons. The van der Waals surface area contributed by atoms with Gasteiger partial charge in [0.1, 0.15) is 0 Å². The van der Waals surface area contributed by atoms with Crippen molar-refractivity contribution in [2.45, 2.75) is 32.6 Å². The van der Waals surface area contributed by atoms with Crippen LogP contribution in [0.1, 0.15) is 38.3 Å². The highest BCUT2D eigenvalue weighted by Crippen LogP contribution is 2.51. The van der Waals surface area contributed by atoms with E-state index in [1.807, 2.05) is 0 Å². The highest BCUT2D eigenvalue weighted by molar-refractivity contribution is 5.86. The third-order valence-corrected chi connectivity index (χ3v) is 4.12. The molecule has 0 aliphatic heterocycles. The van der Waals surface area contributed by atoms with Crippen LogP contribution in [0.3, 0.4) is 0 Å². The van der Waals surface area contributed by atoms with E-state index in [-0.39, 0.29) is 5.41 Å². The van der Waals surface area contributed by atoms with E-state index < -0.39 is 0 Å². The van der Waals surface area contributed by atoms with Gasteiger partial charge in [0.25, 0.3) is 0 Å². The molecular weight excluding hydrogens is 192 g/mol. The second kappa shape index (κ2) is 3.10. The number of hydrogen-bond acceptors (Lipinski definition) is 0. The van der Waals surface area contributed by atoms with Gasteiger partial charge in [-0.2, -0.15) is 0 Å². The number of rotatable bonds is 0. The van der Waals surface area contributed by atoms with E-state index in [0.29, 0.717) is 5.92 Å². The van der Waals surface area contributed by atoms with Crippen molar-refractivity contribution in [2.24, 2.45) is 5.92 Å². The van der Waals surface area contributed by atoms with E-state index in [1.54, 1.807) is 5.57 Å². The highest BCUT2D eigenvalue weighted by atomic mass is 14.4. The van der Waals surface area contributed by atoms with Crippen LogP contribution in [0.25, 0.3) is 5.57 Å². The average Bonchev–Trinajstić information content (AvgIpc) is 2.50. The first-order valence-corrected chi connectivity index (χ1v) is 6.13. The van der Waals surface area contributed by atoms with Crippen molar-refractivity contribution in [1.82, 2.24) is 0 Å². The number of fused-ring (bicyclic) bond motifs is 2. The normalized spacial score (nSPS) is 25.6. The van der Waals surface area contributed by atoms with E-state index in [9.17, 15) is 0 Å². The fourth-order valence-electron chi connectivity index (χ4n) is 3.46. The molecule has 0 saturated carbocycles. The first-order chi connectivity index (χ1) is 7.62. The van der Waals surface area contributed by atoms with Gasteiger partial charge < -0.3 is 0 Å². The van der Waals surface area contributed by atoms with Crippen LogP contribution in [0, 0.1) is 5.92 Å². The van der Waals surface area contributed by atoms with Crippen LogP contribution < -0.4 is 0 Å². The summed E-state index contributed by atoms with van der Waals surface area (Å²) in [4.78, 5) is 0. The summed E-state index contributed by atoms with van der Waals surface area (Å²) in [6, 6.07) is 8.86. The van der Waals surface area contributed by atoms with E-state index in [2.05, 4.69) is 57.2 Å². The lowest BCUT2D eigenvalue weighted by Gasteiger charge is -2.30. The summed E-state index contributed by atoms with van der Waals surface area (Å²) in [7, 11) is 0. The maximum atomic E-state index is 2.36. The van der Waals surface area contributed by atoms with E-state index in [1.165, 1.54) is 23.1 Å². The average molecular weight is 210 g/mol. The maximum absolute atomic E-state index is 2.36. The molecule has 1 aromatic rings. The van der Waals surface area contributed by atoms with Crippen LogP contribution in [0.5, 0.6) is 0 Å². The van der Waals surface area contributed by atoms with Crippen LogP contribution in [0.4, 0.5) is 0 Å². The predicted octanol–water partition coefficient (Wildman–Crippen LogP) is 4.33. The zero-order chi connectivity index (χ0) is 11.3. The molecular formula is C16H18. The molecule has 0 radical (unpaired) electrons. The zero-order valence-corrected chi connectivity index (χ0v) is 10.2. The molecule has 0 aromatic heterocycles. The quantitative estimate of drug-likeness (QED) is 0.598. The molecule has 0 heterocycles. The van der Waals surface area contributed by atoms with Gasteiger partial charge in [-0.3, -0.25) is 0 Å². The van der Waals surface area contributed by atoms with Crippen LogP contribution in [0.15, 0.2) is 42.0 Å². The second-order valence-electron chi connectivity index (χ2n) is 5.54. The molecule has 0 bridgehead atoms. The largest absolute Gasteiger partial charge is 0.0833 e. The number of hydrogen-bond donors (Lipinski definition) is 0. The molecule has 2 aliphatic carbocycles. The minimum absolute atomic E-state index is 0.218. The van der Waals surface area contributed by atoms with Crippen molar-refractivity contribution in [3.8, 4) is 0 Å². The fraction of sp³-hybridized carbons (Fsp3) is 0.375. The molecule has 0 N–H and O–H groups in total. The van der Waals surface area contributed by atoms with Gasteiger partial charge >= 0.3 is 0 Å². The Kier molecular flexibility index (Phi) is 1.92. The predicted molar refractivity (Wildman–Crippen MR) is 69.3 cm³/mol. The lowest BCUT2D eigenvalue weighted by Crippen LogP contribution is -2.22. The van der Waals surface area contributed by atoms with Crippen molar-refractivity contribution in [1.29, 1.82) is 0 Å². The molecule has 3 rings (SSSR count). The maximum Gasteiger partial charge on any atom is 0.0123 e. The summed E-state index contributed by atoms with van der Waals surface area (Å²) in [6.45, 7) is 7.08. The Labute approximate surface area is 97.7 Å². The lowest BCUT2D eigenvalue weighted by atomic mass is 9.74. The summed E-state index contributed by atoms with van der Waals surface area (Å²) in [5.41, 5.74) is 6.29. The van der Waals surface area contributed by atoms with Crippen molar-refractivity contribution in [3.63, 3.8) is 0 Å². The Hall–Kier alpha value is -1.30. The zero-order valence-electron chi connectivity index (χ0n) is 10.2. The van der Waals surface area contributed by atoms with E-state index in [0.717, 1.165) is 0 Å². The van der Waals surface area contributed by atoms with Gasteiger partial charge in [-0.25, -0.2) is 0 Å². The van der Waals surface area contributed by atoms with E-state index in [4.69, 9.17) is 0 Å². The lowest BCUT2D eigenvalue weighted by molar-refractivity contribution is 0.530. The smallest absolute Gasteiger partial charge is 0.0123 e. The minimum Gasteiger partial charge on any atom is -0.0833 e. The van der Waals surface area contributed by atoms with Crippen molar-refractivity contribution >= 4 is 5.57 Å². The summed E-state index contributed by atoms with van der Waals surface area (Å²) in [5.74, 6) is 0.683. The van der Waals surface area contributed by atoms with Crippen molar-refractivity contribution in [2.75, 3.05) is 0 Å². The Morgan fingerprint density at radius 1 is 1.19 bits per heavy atom. The fourth-order valence-corrected chi connectivity index (χ4v) is 3.46. The molecule has 1 unspecified atom stereocenters. The summed E-state index contributed by atoms with van der Waals surface area (Å²) >= 11 is 0. The molecule has 1 aromatic carbocycles. The molecule has 1 atom stereocenters. The summed E-state index contributed by atoms with van der Waals surface area (Å²) in [6.07, 6.45) is 5.83. The Morgan fingerprint density at radius 2 is 1.94 bits per heavy atom. The van der Waals surface area contributed by atoms with Crippen LogP contribution in [0.2, 0.25) is 0 Å².